The number of ether oxygens (including phenoxy) is 3. The highest BCUT2D eigenvalue weighted by molar-refractivity contribution is 9.10. The van der Waals surface area contributed by atoms with Gasteiger partial charge in [-0.25, -0.2) is 0 Å². The van der Waals surface area contributed by atoms with Gasteiger partial charge in [0, 0.05) is 21.3 Å². The molecule has 0 fully saturated rings. The Morgan fingerprint density at radius 2 is 1.97 bits per heavy atom. The minimum atomic E-state index is -1.54. The molecule has 9 nitrogen and oxygen atoms in total. The van der Waals surface area contributed by atoms with Crippen LogP contribution in [0.15, 0.2) is 52.3 Å². The molecule has 2 aliphatic rings. The van der Waals surface area contributed by atoms with Crippen molar-refractivity contribution in [3.63, 3.8) is 0 Å². The Bertz CT molecular complexity index is 1370. The Morgan fingerprint density at radius 3 is 2.69 bits per heavy atom. The van der Waals surface area contributed by atoms with Crippen LogP contribution < -0.4 is 25.3 Å². The number of nitrogens with two attached hydrogens (primary N) is 1. The monoisotopic (exact) mass is 493 g/mol. The number of carbonyl (C=O) groups is 1. The molecule has 4 N–H and O–H groups in total. The lowest BCUT2D eigenvalue weighted by molar-refractivity contribution is -0.118. The standard InChI is InChI=1S/C22H16BrN5O4/c1-30-15-6-3-10(7-16(15)31-2)18-17-20(28-27-18)32-19(25)13(9-24)22(17)12-8-11(23)4-5-14(12)26-21(22)29/h3-8H,25H2,1-2H3,(H,26,29)(H,27,28). The minimum Gasteiger partial charge on any atom is -0.493 e. The van der Waals surface area contributed by atoms with E-state index in [9.17, 15) is 10.1 Å². The van der Waals surface area contributed by atoms with E-state index in [1.165, 1.54) is 7.11 Å². The zero-order valence-corrected chi connectivity index (χ0v) is 18.5. The fraction of sp³-hybridized carbons (Fsp3) is 0.136. The van der Waals surface area contributed by atoms with E-state index in [-0.39, 0.29) is 17.3 Å². The highest BCUT2D eigenvalue weighted by atomic mass is 79.9. The number of aromatic nitrogens is 2. The largest absolute Gasteiger partial charge is 0.493 e. The van der Waals surface area contributed by atoms with E-state index in [0.29, 0.717) is 39.6 Å². The molecule has 32 heavy (non-hydrogen) atoms. The third-order valence-electron chi connectivity index (χ3n) is 5.69. The van der Waals surface area contributed by atoms with Crippen LogP contribution in [0, 0.1) is 11.3 Å². The predicted molar refractivity (Wildman–Crippen MR) is 118 cm³/mol. The number of methoxy groups -OCH3 is 2. The van der Waals surface area contributed by atoms with Crippen LogP contribution in [0.2, 0.25) is 0 Å². The van der Waals surface area contributed by atoms with Gasteiger partial charge in [-0.2, -0.15) is 5.26 Å². The van der Waals surface area contributed by atoms with Crippen LogP contribution in [0.25, 0.3) is 11.3 Å². The summed E-state index contributed by atoms with van der Waals surface area (Å²) in [4.78, 5) is 13.6. The van der Waals surface area contributed by atoms with Gasteiger partial charge in [-0.3, -0.25) is 9.89 Å². The second-order valence-electron chi connectivity index (χ2n) is 7.20. The van der Waals surface area contributed by atoms with E-state index in [1.807, 2.05) is 6.07 Å². The van der Waals surface area contributed by atoms with Gasteiger partial charge in [0.1, 0.15) is 17.1 Å². The Morgan fingerprint density at radius 1 is 1.19 bits per heavy atom. The zero-order chi connectivity index (χ0) is 22.6. The number of carbonyl (C=O) groups excluding carboxylic acids is 1. The first-order valence-electron chi connectivity index (χ1n) is 9.46. The van der Waals surface area contributed by atoms with Gasteiger partial charge in [0.25, 0.3) is 0 Å². The number of nitrogens with zero attached hydrogens (tertiary/aromatic N) is 2. The lowest BCUT2D eigenvalue weighted by atomic mass is 9.68. The summed E-state index contributed by atoms with van der Waals surface area (Å²) >= 11 is 3.47. The van der Waals surface area contributed by atoms with E-state index in [1.54, 1.807) is 37.4 Å². The zero-order valence-electron chi connectivity index (χ0n) is 16.9. The number of benzene rings is 2. The quantitative estimate of drug-likeness (QED) is 0.509. The van der Waals surface area contributed by atoms with Crippen LogP contribution in [0.3, 0.4) is 0 Å². The van der Waals surface area contributed by atoms with Gasteiger partial charge in [-0.1, -0.05) is 15.9 Å². The summed E-state index contributed by atoms with van der Waals surface area (Å²) in [6.07, 6.45) is 0. The van der Waals surface area contributed by atoms with Gasteiger partial charge in [0.2, 0.25) is 17.7 Å². The Hall–Kier alpha value is -3.97. The molecule has 2 aromatic carbocycles. The number of amides is 1. The van der Waals surface area contributed by atoms with E-state index < -0.39 is 11.3 Å². The molecule has 5 rings (SSSR count). The molecule has 1 unspecified atom stereocenters. The van der Waals surface area contributed by atoms with Crippen molar-refractivity contribution in [2.24, 2.45) is 5.73 Å². The Balaban J connectivity index is 1.85. The van der Waals surface area contributed by atoms with Crippen molar-refractivity contribution >= 4 is 27.5 Å². The number of nitriles is 1. The van der Waals surface area contributed by atoms with Gasteiger partial charge in [-0.15, -0.1) is 5.10 Å². The average molecular weight is 494 g/mol. The Kier molecular flexibility index (Phi) is 4.39. The second-order valence-corrected chi connectivity index (χ2v) is 8.11. The third kappa shape index (κ3) is 2.48. The molecule has 160 valence electrons. The number of rotatable bonds is 3. The Labute approximate surface area is 190 Å². The maximum atomic E-state index is 13.6. The van der Waals surface area contributed by atoms with E-state index >= 15 is 0 Å². The van der Waals surface area contributed by atoms with Crippen LogP contribution in [-0.2, 0) is 10.2 Å². The van der Waals surface area contributed by atoms with Gasteiger partial charge < -0.3 is 25.3 Å². The first-order chi connectivity index (χ1) is 15.4. The number of nitrogens with one attached hydrogen (secondary N) is 2. The fourth-order valence-electron chi connectivity index (χ4n) is 4.32. The van der Waals surface area contributed by atoms with Crippen molar-refractivity contribution in [1.29, 1.82) is 5.26 Å². The minimum absolute atomic E-state index is 0.0116. The van der Waals surface area contributed by atoms with Crippen molar-refractivity contribution < 1.29 is 19.0 Å². The predicted octanol–water partition coefficient (Wildman–Crippen LogP) is 3.18. The number of hydrogen-bond acceptors (Lipinski definition) is 7. The van der Waals surface area contributed by atoms with Gasteiger partial charge in [0.15, 0.2) is 11.5 Å². The first-order valence-corrected chi connectivity index (χ1v) is 10.3. The molecular weight excluding hydrogens is 478 g/mol. The lowest BCUT2D eigenvalue weighted by Gasteiger charge is -2.32. The molecule has 3 heterocycles. The molecule has 1 spiro atoms. The molecule has 10 heteroatoms. The average Bonchev–Trinajstić information content (AvgIpc) is 3.33. The summed E-state index contributed by atoms with van der Waals surface area (Å²) < 4.78 is 17.2. The molecule has 0 aliphatic carbocycles. The topological polar surface area (TPSA) is 135 Å². The summed E-state index contributed by atoms with van der Waals surface area (Å²) in [7, 11) is 3.08. The van der Waals surface area contributed by atoms with Crippen LogP contribution in [0.4, 0.5) is 5.69 Å². The molecule has 0 bridgehead atoms. The smallest absolute Gasteiger partial charge is 0.245 e. The highest BCUT2D eigenvalue weighted by Gasteiger charge is 2.58. The van der Waals surface area contributed by atoms with Crippen LogP contribution in [0.5, 0.6) is 17.4 Å². The van der Waals surface area contributed by atoms with E-state index in [2.05, 4.69) is 37.5 Å². The molecule has 2 aliphatic heterocycles. The summed E-state index contributed by atoms with van der Waals surface area (Å²) in [6.45, 7) is 0. The number of fused-ring (bicyclic) bond motifs is 4. The second kappa shape index (κ2) is 7.03. The maximum absolute atomic E-state index is 13.6. The number of aromatic amines is 1. The van der Waals surface area contributed by atoms with Crippen LogP contribution in [0.1, 0.15) is 11.1 Å². The van der Waals surface area contributed by atoms with Gasteiger partial charge in [0.05, 0.1) is 25.5 Å². The number of anilines is 1. The lowest BCUT2D eigenvalue weighted by Crippen LogP contribution is -2.42. The van der Waals surface area contributed by atoms with Crippen molar-refractivity contribution in [1.82, 2.24) is 10.2 Å². The summed E-state index contributed by atoms with van der Waals surface area (Å²) in [5, 5.41) is 20.1. The highest BCUT2D eigenvalue weighted by Crippen LogP contribution is 2.55. The van der Waals surface area contributed by atoms with Gasteiger partial charge >= 0.3 is 0 Å². The normalized spacial score (nSPS) is 18.5. The molecule has 0 radical (unpaired) electrons. The molecule has 3 aromatic rings. The first kappa shape index (κ1) is 20.0. The summed E-state index contributed by atoms with van der Waals surface area (Å²) in [5.41, 5.74) is 7.24. The molecule has 0 saturated heterocycles. The third-order valence-corrected chi connectivity index (χ3v) is 6.19. The maximum Gasteiger partial charge on any atom is 0.245 e. The number of halogens is 1. The summed E-state index contributed by atoms with van der Waals surface area (Å²) in [6, 6.07) is 12.8. The van der Waals surface area contributed by atoms with Crippen molar-refractivity contribution in [3.05, 3.63) is 63.5 Å². The molecule has 1 atom stereocenters. The van der Waals surface area contributed by atoms with Gasteiger partial charge in [-0.05, 0) is 36.4 Å². The fourth-order valence-corrected chi connectivity index (χ4v) is 4.68. The van der Waals surface area contributed by atoms with Crippen molar-refractivity contribution in [3.8, 4) is 34.7 Å². The molecule has 1 aromatic heterocycles. The number of hydrogen-bond donors (Lipinski definition) is 3. The van der Waals surface area contributed by atoms with Crippen LogP contribution in [-0.4, -0.2) is 30.3 Å². The number of H-pyrrole nitrogens is 1. The van der Waals surface area contributed by atoms with E-state index in [0.717, 1.165) is 4.47 Å². The van der Waals surface area contributed by atoms with Crippen molar-refractivity contribution in [2.45, 2.75) is 5.41 Å². The SMILES string of the molecule is COc1ccc(-c2[nH]nc3c2C2(C(=O)Nc4ccc(Br)cc42)C(C#N)=C(N)O3)cc1OC. The van der Waals surface area contributed by atoms with E-state index in [4.69, 9.17) is 19.9 Å². The molecule has 0 saturated carbocycles. The van der Waals surface area contributed by atoms with Crippen molar-refractivity contribution in [2.75, 3.05) is 19.5 Å². The summed E-state index contributed by atoms with van der Waals surface area (Å²) in [5.74, 6) is 0.569. The van der Waals surface area contributed by atoms with Crippen LogP contribution >= 0.6 is 15.9 Å². The molecular formula is C22H16BrN5O4. The molecule has 1 amide bonds.